The second-order valence-corrected chi connectivity index (χ2v) is 7.69. The van der Waals surface area contributed by atoms with Gasteiger partial charge in [0, 0.05) is 12.1 Å². The number of aromatic nitrogens is 2. The van der Waals surface area contributed by atoms with E-state index in [0.29, 0.717) is 0 Å². The zero-order valence-electron chi connectivity index (χ0n) is 16.1. The van der Waals surface area contributed by atoms with Crippen LogP contribution in [0.1, 0.15) is 48.1 Å². The van der Waals surface area contributed by atoms with Crippen molar-refractivity contribution < 1.29 is 32.6 Å². The van der Waals surface area contributed by atoms with E-state index in [1.165, 1.54) is 29.2 Å². The molecule has 1 aliphatic rings. The van der Waals surface area contributed by atoms with Gasteiger partial charge < -0.3 is 14.7 Å². The van der Waals surface area contributed by atoms with E-state index >= 15 is 0 Å². The van der Waals surface area contributed by atoms with Crippen molar-refractivity contribution in [2.45, 2.75) is 45.5 Å². The van der Waals surface area contributed by atoms with Crippen molar-refractivity contribution in [3.05, 3.63) is 46.8 Å². The Bertz CT molecular complexity index is 961. The second-order valence-electron chi connectivity index (χ2n) is 7.69. The highest BCUT2D eigenvalue weighted by Crippen LogP contribution is 2.36. The summed E-state index contributed by atoms with van der Waals surface area (Å²) in [6.45, 7) is 5.02. The maximum absolute atomic E-state index is 13.5. The molecule has 0 spiro atoms. The molecule has 0 atom stereocenters. The summed E-state index contributed by atoms with van der Waals surface area (Å²) in [5, 5.41) is 12.9. The molecule has 1 amide bonds. The number of hydrogen-bond acceptors (Lipinski definition) is 4. The molecule has 2 aromatic rings. The maximum atomic E-state index is 13.5. The highest BCUT2D eigenvalue weighted by molar-refractivity contribution is 5.88. The summed E-state index contributed by atoms with van der Waals surface area (Å²) in [4.78, 5) is 24.9. The van der Waals surface area contributed by atoms with Gasteiger partial charge in [-0.15, -0.1) is 0 Å². The van der Waals surface area contributed by atoms with E-state index in [1.807, 2.05) is 0 Å². The number of fused-ring (bicyclic) bond motifs is 1. The minimum atomic E-state index is -4.67. The lowest BCUT2D eigenvalue weighted by atomic mass is 10.0. The zero-order valence-corrected chi connectivity index (χ0v) is 16.1. The van der Waals surface area contributed by atoms with Gasteiger partial charge in [-0.3, -0.25) is 0 Å². The van der Waals surface area contributed by atoms with Crippen LogP contribution in [0.2, 0.25) is 0 Å². The molecule has 1 aliphatic heterocycles. The van der Waals surface area contributed by atoms with Crippen LogP contribution >= 0.6 is 0 Å². The lowest BCUT2D eigenvalue weighted by Crippen LogP contribution is -2.40. The topological polar surface area (TPSA) is 84.7 Å². The summed E-state index contributed by atoms with van der Waals surface area (Å²) >= 11 is 0. The van der Waals surface area contributed by atoms with Gasteiger partial charge in [0.1, 0.15) is 5.60 Å². The Morgan fingerprint density at radius 2 is 1.90 bits per heavy atom. The van der Waals surface area contributed by atoms with E-state index in [4.69, 9.17) is 4.74 Å². The number of alkyl halides is 3. The highest BCUT2D eigenvalue weighted by atomic mass is 19.4. The fourth-order valence-corrected chi connectivity index (χ4v) is 3.11. The molecular weight excluding hydrogens is 391 g/mol. The van der Waals surface area contributed by atoms with Crippen molar-refractivity contribution in [3.63, 3.8) is 0 Å². The molecule has 29 heavy (non-hydrogen) atoms. The van der Waals surface area contributed by atoms with Crippen LogP contribution in [-0.2, 0) is 23.9 Å². The molecule has 0 saturated carbocycles. The SMILES string of the molecule is CC(C)(C)OC(=O)N1CCc2c(C(F)(F)F)nn(-c3cccc(C(=O)O)c3)c2C1. The van der Waals surface area contributed by atoms with Crippen molar-refractivity contribution in [3.8, 4) is 5.69 Å². The first-order chi connectivity index (χ1) is 13.4. The van der Waals surface area contributed by atoms with Crippen LogP contribution in [0.25, 0.3) is 5.69 Å². The Morgan fingerprint density at radius 1 is 1.21 bits per heavy atom. The number of halogens is 3. The van der Waals surface area contributed by atoms with E-state index in [1.54, 1.807) is 20.8 Å². The number of nitrogens with zero attached hydrogens (tertiary/aromatic N) is 3. The van der Waals surface area contributed by atoms with Crippen molar-refractivity contribution in [1.29, 1.82) is 0 Å². The fraction of sp³-hybridized carbons (Fsp3) is 0.421. The number of hydrogen-bond donors (Lipinski definition) is 1. The van der Waals surface area contributed by atoms with Gasteiger partial charge in [-0.2, -0.15) is 18.3 Å². The Labute approximate surface area is 164 Å². The second kappa shape index (κ2) is 7.09. The third-order valence-corrected chi connectivity index (χ3v) is 4.32. The van der Waals surface area contributed by atoms with Crippen LogP contribution in [0, 0.1) is 0 Å². The third-order valence-electron chi connectivity index (χ3n) is 4.32. The van der Waals surface area contributed by atoms with Crippen molar-refractivity contribution in [2.24, 2.45) is 0 Å². The molecule has 7 nitrogen and oxygen atoms in total. The zero-order chi connectivity index (χ0) is 21.6. The number of carbonyl (C=O) groups is 2. The molecule has 1 N–H and O–H groups in total. The number of amides is 1. The average molecular weight is 411 g/mol. The van der Waals surface area contributed by atoms with Crippen LogP contribution < -0.4 is 0 Å². The van der Waals surface area contributed by atoms with Gasteiger partial charge in [-0.1, -0.05) is 6.07 Å². The quantitative estimate of drug-likeness (QED) is 0.811. The Kier molecular flexibility index (Phi) is 5.06. The standard InChI is InChI=1S/C19H20F3N3O4/c1-18(2,3)29-17(28)24-8-7-13-14(10-24)25(23-15(13)19(20,21)22)12-6-4-5-11(9-12)16(26)27/h4-6,9H,7-8,10H2,1-3H3,(H,26,27). The lowest BCUT2D eigenvalue weighted by Gasteiger charge is -2.30. The Hall–Kier alpha value is -3.04. The first-order valence-electron chi connectivity index (χ1n) is 8.86. The first-order valence-corrected chi connectivity index (χ1v) is 8.86. The molecule has 10 heteroatoms. The number of carbonyl (C=O) groups excluding carboxylic acids is 1. The minimum absolute atomic E-state index is 0.00182. The molecule has 2 heterocycles. The highest BCUT2D eigenvalue weighted by Gasteiger charge is 2.41. The summed E-state index contributed by atoms with van der Waals surface area (Å²) in [6, 6.07) is 5.46. The molecule has 0 fully saturated rings. The van der Waals surface area contributed by atoms with Gasteiger partial charge >= 0.3 is 18.2 Å². The lowest BCUT2D eigenvalue weighted by molar-refractivity contribution is -0.142. The average Bonchev–Trinajstić information content (AvgIpc) is 2.99. The van der Waals surface area contributed by atoms with Crippen LogP contribution in [0.15, 0.2) is 24.3 Å². The van der Waals surface area contributed by atoms with Gasteiger partial charge in [0.05, 0.1) is 23.5 Å². The number of aromatic carboxylic acids is 1. The van der Waals surface area contributed by atoms with Crippen LogP contribution in [0.5, 0.6) is 0 Å². The predicted octanol–water partition coefficient (Wildman–Crippen LogP) is 3.88. The van der Waals surface area contributed by atoms with Gasteiger partial charge in [-0.25, -0.2) is 14.3 Å². The van der Waals surface area contributed by atoms with Crippen molar-refractivity contribution >= 4 is 12.1 Å². The Morgan fingerprint density at radius 3 is 2.48 bits per heavy atom. The molecule has 0 unspecified atom stereocenters. The largest absolute Gasteiger partial charge is 0.478 e. The van der Waals surface area contributed by atoms with Gasteiger partial charge in [0.15, 0.2) is 5.69 Å². The molecule has 156 valence electrons. The van der Waals surface area contributed by atoms with E-state index in [0.717, 1.165) is 4.68 Å². The molecular formula is C19H20F3N3O4. The number of ether oxygens (including phenoxy) is 1. The van der Waals surface area contributed by atoms with Gasteiger partial charge in [-0.05, 0) is 45.4 Å². The summed E-state index contributed by atoms with van der Waals surface area (Å²) in [6.07, 6.45) is -5.35. The normalized spacial score (nSPS) is 14.5. The van der Waals surface area contributed by atoms with Crippen LogP contribution in [0.4, 0.5) is 18.0 Å². The summed E-state index contributed by atoms with van der Waals surface area (Å²) < 4.78 is 46.9. The van der Waals surface area contributed by atoms with E-state index in [9.17, 15) is 27.9 Å². The van der Waals surface area contributed by atoms with E-state index < -0.39 is 29.5 Å². The monoisotopic (exact) mass is 411 g/mol. The van der Waals surface area contributed by atoms with Crippen molar-refractivity contribution in [1.82, 2.24) is 14.7 Å². The van der Waals surface area contributed by atoms with Crippen LogP contribution in [0.3, 0.4) is 0 Å². The number of carboxylic acids is 1. The number of carboxylic acid groups (broad SMARTS) is 1. The summed E-state index contributed by atoms with van der Waals surface area (Å²) in [5.74, 6) is -1.21. The van der Waals surface area contributed by atoms with Gasteiger partial charge in [0.25, 0.3) is 0 Å². The van der Waals surface area contributed by atoms with Gasteiger partial charge in [0.2, 0.25) is 0 Å². The first kappa shape index (κ1) is 20.7. The molecule has 0 saturated heterocycles. The minimum Gasteiger partial charge on any atom is -0.478 e. The van der Waals surface area contributed by atoms with E-state index in [-0.39, 0.29) is 42.0 Å². The molecule has 1 aromatic carbocycles. The smallest absolute Gasteiger partial charge is 0.435 e. The summed E-state index contributed by atoms with van der Waals surface area (Å²) in [7, 11) is 0. The van der Waals surface area contributed by atoms with Crippen molar-refractivity contribution in [2.75, 3.05) is 6.54 Å². The molecule has 0 radical (unpaired) electrons. The Balaban J connectivity index is 2.06. The maximum Gasteiger partial charge on any atom is 0.435 e. The molecule has 1 aromatic heterocycles. The number of rotatable bonds is 2. The fourth-order valence-electron chi connectivity index (χ4n) is 3.11. The number of benzene rings is 1. The molecule has 3 rings (SSSR count). The summed E-state index contributed by atoms with van der Waals surface area (Å²) in [5.41, 5.74) is -1.51. The third kappa shape index (κ3) is 4.36. The van der Waals surface area contributed by atoms with E-state index in [2.05, 4.69) is 5.10 Å². The van der Waals surface area contributed by atoms with Crippen LogP contribution in [-0.4, -0.2) is 44.0 Å². The molecule has 0 bridgehead atoms. The molecule has 0 aliphatic carbocycles. The predicted molar refractivity (Wildman–Crippen MR) is 95.9 cm³/mol.